The molecule has 0 aromatic carbocycles. The van der Waals surface area contributed by atoms with Gasteiger partial charge in [0, 0.05) is 30.9 Å². The molecule has 3 heterocycles. The zero-order valence-electron chi connectivity index (χ0n) is 9.61. The number of aromatic nitrogens is 4. The van der Waals surface area contributed by atoms with Crippen LogP contribution in [0, 0.1) is 0 Å². The van der Waals surface area contributed by atoms with Crippen molar-refractivity contribution in [3.05, 3.63) is 29.0 Å². The topological polar surface area (TPSA) is 81.3 Å². The summed E-state index contributed by atoms with van der Waals surface area (Å²) in [5, 5.41) is 5.55. The van der Waals surface area contributed by atoms with E-state index in [-0.39, 0.29) is 16.0 Å². The van der Waals surface area contributed by atoms with Crippen LogP contribution in [0.3, 0.4) is 0 Å². The Morgan fingerprint density at radius 2 is 2.21 bits per heavy atom. The van der Waals surface area contributed by atoms with Crippen molar-refractivity contribution in [1.82, 2.24) is 19.2 Å². The molecule has 0 aliphatic heterocycles. The molecule has 0 spiro atoms. The average molecular weight is 318 g/mol. The third-order valence-electron chi connectivity index (χ3n) is 2.39. The number of halogens is 1. The third-order valence-corrected chi connectivity index (χ3v) is 4.89. The zero-order chi connectivity index (χ0) is 13.6. The highest BCUT2D eigenvalue weighted by Crippen LogP contribution is 2.26. The normalized spacial score (nSPS) is 12.1. The van der Waals surface area contributed by atoms with Gasteiger partial charge >= 0.3 is 0 Å². The summed E-state index contributed by atoms with van der Waals surface area (Å²) in [5.74, 6) is 0.226. The summed E-state index contributed by atoms with van der Waals surface area (Å²) < 4.78 is 29.9. The maximum atomic E-state index is 12.3. The first-order valence-electron chi connectivity index (χ1n) is 5.11. The number of sulfonamides is 1. The third kappa shape index (κ3) is 2.09. The summed E-state index contributed by atoms with van der Waals surface area (Å²) in [4.78, 5) is 4.51. The molecular formula is C9H8ClN5O2S2. The molecule has 0 bridgehead atoms. The van der Waals surface area contributed by atoms with Gasteiger partial charge in [0.05, 0.1) is 0 Å². The molecule has 0 saturated carbocycles. The molecule has 0 saturated heterocycles. The highest BCUT2D eigenvalue weighted by molar-refractivity contribution is 7.92. The highest BCUT2D eigenvalue weighted by Gasteiger charge is 2.25. The number of nitrogens with zero attached hydrogens (tertiary/aromatic N) is 4. The zero-order valence-corrected chi connectivity index (χ0v) is 12.0. The van der Waals surface area contributed by atoms with Gasteiger partial charge in [-0.25, -0.2) is 4.98 Å². The molecule has 3 aromatic rings. The predicted octanol–water partition coefficient (Wildman–Crippen LogP) is 1.58. The summed E-state index contributed by atoms with van der Waals surface area (Å²) in [6.07, 6.45) is 3.24. The molecular weight excluding hydrogens is 310 g/mol. The predicted molar refractivity (Wildman–Crippen MR) is 72.1 cm³/mol. The quantitative estimate of drug-likeness (QED) is 0.795. The van der Waals surface area contributed by atoms with Crippen LogP contribution in [-0.2, 0) is 17.1 Å². The molecule has 3 rings (SSSR count). The van der Waals surface area contributed by atoms with Crippen molar-refractivity contribution in [3.63, 3.8) is 0 Å². The van der Waals surface area contributed by atoms with Gasteiger partial charge in [-0.3, -0.25) is 13.8 Å². The van der Waals surface area contributed by atoms with Gasteiger partial charge in [0.1, 0.15) is 0 Å². The van der Waals surface area contributed by atoms with Crippen LogP contribution in [0.4, 0.5) is 5.82 Å². The molecule has 100 valence electrons. The number of aryl methyl sites for hydroxylation is 1. The summed E-state index contributed by atoms with van der Waals surface area (Å²) in [5.41, 5.74) is 0. The summed E-state index contributed by atoms with van der Waals surface area (Å²) in [6.45, 7) is 0. The second-order valence-corrected chi connectivity index (χ2v) is 6.57. The SMILES string of the molecule is Cn1ccc(NS(=O)(=O)c2c(Cl)nc3sccn23)n1. The standard InChI is InChI=1S/C9H8ClN5O2S2/c1-14-3-2-6(12-14)13-19(16,17)8-7(10)11-9-15(8)4-5-18-9/h2-5H,1H3,(H,12,13). The molecule has 1 N–H and O–H groups in total. The molecule has 3 aromatic heterocycles. The first-order valence-corrected chi connectivity index (χ1v) is 7.85. The van der Waals surface area contributed by atoms with Crippen LogP contribution in [0.25, 0.3) is 4.96 Å². The van der Waals surface area contributed by atoms with E-state index in [1.807, 2.05) is 0 Å². The van der Waals surface area contributed by atoms with E-state index in [0.717, 1.165) is 0 Å². The molecule has 0 aliphatic rings. The molecule has 0 atom stereocenters. The Hall–Kier alpha value is -1.58. The average Bonchev–Trinajstić information content (AvgIpc) is 2.93. The van der Waals surface area contributed by atoms with Crippen LogP contribution >= 0.6 is 22.9 Å². The number of imidazole rings is 1. The molecule has 0 amide bonds. The number of nitrogens with one attached hydrogen (secondary N) is 1. The maximum Gasteiger partial charge on any atom is 0.282 e. The largest absolute Gasteiger partial charge is 0.282 e. The number of anilines is 1. The van der Waals surface area contributed by atoms with Crippen LogP contribution in [0.1, 0.15) is 0 Å². The van der Waals surface area contributed by atoms with Gasteiger partial charge in [-0.05, 0) is 0 Å². The Morgan fingerprint density at radius 1 is 1.42 bits per heavy atom. The van der Waals surface area contributed by atoms with Crippen LogP contribution in [0.5, 0.6) is 0 Å². The number of thiazole rings is 1. The van der Waals surface area contributed by atoms with E-state index in [1.54, 1.807) is 30.9 Å². The van der Waals surface area contributed by atoms with Gasteiger partial charge in [0.25, 0.3) is 10.0 Å². The molecule has 0 fully saturated rings. The van der Waals surface area contributed by atoms with Crippen LogP contribution in [0.2, 0.25) is 5.15 Å². The maximum absolute atomic E-state index is 12.3. The Morgan fingerprint density at radius 3 is 2.89 bits per heavy atom. The number of fused-ring (bicyclic) bond motifs is 1. The molecule has 10 heteroatoms. The summed E-state index contributed by atoms with van der Waals surface area (Å²) in [6, 6.07) is 1.55. The van der Waals surface area contributed by atoms with Crippen molar-refractivity contribution in [2.45, 2.75) is 5.03 Å². The lowest BCUT2D eigenvalue weighted by Crippen LogP contribution is -2.15. The second kappa shape index (κ2) is 4.22. The lowest BCUT2D eigenvalue weighted by Gasteiger charge is -2.04. The van der Waals surface area contributed by atoms with Crippen molar-refractivity contribution >= 4 is 43.7 Å². The molecule has 0 unspecified atom stereocenters. The fraction of sp³-hybridized carbons (Fsp3) is 0.111. The first-order chi connectivity index (χ1) is 8.97. The van der Waals surface area contributed by atoms with E-state index in [1.165, 1.54) is 20.4 Å². The summed E-state index contributed by atoms with van der Waals surface area (Å²) >= 11 is 7.20. The Labute approximate surface area is 117 Å². The Kier molecular flexibility index (Phi) is 2.77. The van der Waals surface area contributed by atoms with Gasteiger partial charge in [0.2, 0.25) is 0 Å². The minimum absolute atomic E-state index is 0.0599. The highest BCUT2D eigenvalue weighted by atomic mass is 35.5. The lowest BCUT2D eigenvalue weighted by molar-refractivity contribution is 0.596. The van der Waals surface area contributed by atoms with E-state index in [2.05, 4.69) is 14.8 Å². The van der Waals surface area contributed by atoms with Crippen molar-refractivity contribution in [2.24, 2.45) is 7.05 Å². The van der Waals surface area contributed by atoms with Gasteiger partial charge in [0.15, 0.2) is 21.0 Å². The van der Waals surface area contributed by atoms with Crippen LogP contribution < -0.4 is 4.72 Å². The molecule has 0 aliphatic carbocycles. The molecule has 0 radical (unpaired) electrons. The van der Waals surface area contributed by atoms with Crippen molar-refractivity contribution in [3.8, 4) is 0 Å². The minimum atomic E-state index is -3.83. The first kappa shape index (κ1) is 12.5. The van der Waals surface area contributed by atoms with Crippen molar-refractivity contribution < 1.29 is 8.42 Å². The van der Waals surface area contributed by atoms with Crippen molar-refractivity contribution in [2.75, 3.05) is 4.72 Å². The fourth-order valence-corrected chi connectivity index (χ4v) is 4.09. The monoisotopic (exact) mass is 317 g/mol. The van der Waals surface area contributed by atoms with Gasteiger partial charge in [-0.1, -0.05) is 11.6 Å². The van der Waals surface area contributed by atoms with Crippen LogP contribution in [0.15, 0.2) is 28.9 Å². The Bertz CT molecular complexity index is 847. The second-order valence-electron chi connectivity index (χ2n) is 3.74. The molecule has 7 nitrogen and oxygen atoms in total. The number of rotatable bonds is 3. The lowest BCUT2D eigenvalue weighted by atomic mass is 10.7. The number of hydrogen-bond donors (Lipinski definition) is 1. The van der Waals surface area contributed by atoms with E-state index in [0.29, 0.717) is 4.96 Å². The molecule has 19 heavy (non-hydrogen) atoms. The van der Waals surface area contributed by atoms with E-state index in [9.17, 15) is 8.42 Å². The summed E-state index contributed by atoms with van der Waals surface area (Å²) in [7, 11) is -2.14. The van der Waals surface area contributed by atoms with Crippen molar-refractivity contribution in [1.29, 1.82) is 0 Å². The fourth-order valence-electron chi connectivity index (χ4n) is 1.63. The Balaban J connectivity index is 2.09. The van der Waals surface area contributed by atoms with Gasteiger partial charge in [-0.15, -0.1) is 11.3 Å². The van der Waals surface area contributed by atoms with E-state index in [4.69, 9.17) is 11.6 Å². The van der Waals surface area contributed by atoms with Crippen LogP contribution in [-0.4, -0.2) is 27.6 Å². The number of hydrogen-bond acceptors (Lipinski definition) is 5. The smallest absolute Gasteiger partial charge is 0.278 e. The minimum Gasteiger partial charge on any atom is -0.278 e. The van der Waals surface area contributed by atoms with E-state index >= 15 is 0 Å². The van der Waals surface area contributed by atoms with Gasteiger partial charge in [-0.2, -0.15) is 13.5 Å². The van der Waals surface area contributed by atoms with Gasteiger partial charge < -0.3 is 0 Å². The van der Waals surface area contributed by atoms with E-state index < -0.39 is 10.0 Å².